The number of pyridine rings is 1. The van der Waals surface area contributed by atoms with Crippen LogP contribution in [0.5, 0.6) is 0 Å². The first-order valence-corrected chi connectivity index (χ1v) is 10.9. The average molecular weight is 434 g/mol. The Kier molecular flexibility index (Phi) is 5.64. The summed E-state index contributed by atoms with van der Waals surface area (Å²) in [6, 6.07) is 13.0. The fraction of sp³-hybridized carbons (Fsp3) is 0.440. The first-order chi connectivity index (χ1) is 15.2. The number of hydrogen-bond donors (Lipinski definition) is 1. The van der Waals surface area contributed by atoms with E-state index >= 15 is 0 Å². The Morgan fingerprint density at radius 2 is 1.94 bits per heavy atom. The van der Waals surface area contributed by atoms with Crippen molar-refractivity contribution in [2.24, 2.45) is 11.3 Å². The van der Waals surface area contributed by atoms with Crippen molar-refractivity contribution in [1.29, 1.82) is 5.26 Å². The predicted octanol–water partition coefficient (Wildman–Crippen LogP) is 3.22. The van der Waals surface area contributed by atoms with E-state index in [4.69, 9.17) is 10.4 Å². The summed E-state index contributed by atoms with van der Waals surface area (Å²) < 4.78 is 1.84. The fourth-order valence-electron chi connectivity index (χ4n) is 5.12. The molecule has 2 bridgehead atoms. The minimum absolute atomic E-state index is 0.0216. The summed E-state index contributed by atoms with van der Waals surface area (Å²) in [6.07, 6.45) is 1.08. The van der Waals surface area contributed by atoms with Gasteiger partial charge in [-0.15, -0.1) is 0 Å². The number of carboxylic acids is 1. The lowest BCUT2D eigenvalue weighted by Crippen LogP contribution is -2.50. The van der Waals surface area contributed by atoms with Gasteiger partial charge >= 0.3 is 5.97 Å². The zero-order chi connectivity index (χ0) is 23.0. The molecular formula is C25H27N3O4. The number of aromatic nitrogens is 1. The van der Waals surface area contributed by atoms with Crippen molar-refractivity contribution in [3.8, 4) is 17.2 Å². The minimum atomic E-state index is -0.900. The number of aliphatic carboxylic acids is 1. The first kappa shape index (κ1) is 21.8. The third kappa shape index (κ3) is 4.31. The average Bonchev–Trinajstić information content (AvgIpc) is 2.73. The molecule has 0 radical (unpaired) electrons. The molecule has 0 unspecified atom stereocenters. The Hall–Kier alpha value is -3.40. The zero-order valence-corrected chi connectivity index (χ0v) is 18.4. The van der Waals surface area contributed by atoms with E-state index in [-0.39, 0.29) is 36.1 Å². The summed E-state index contributed by atoms with van der Waals surface area (Å²) in [6.45, 7) is 5.29. The maximum atomic E-state index is 13.3. The number of hydrogen-bond acceptors (Lipinski definition) is 4. The molecular weight excluding hydrogens is 406 g/mol. The smallest absolute Gasteiger partial charge is 0.303 e. The van der Waals surface area contributed by atoms with Crippen LogP contribution in [0.15, 0.2) is 41.2 Å². The van der Waals surface area contributed by atoms with Gasteiger partial charge in [0.25, 0.3) is 5.56 Å². The van der Waals surface area contributed by atoms with Crippen molar-refractivity contribution >= 4 is 11.9 Å². The molecule has 1 aromatic heterocycles. The molecule has 2 aliphatic rings. The molecule has 1 saturated heterocycles. The molecule has 1 aromatic carbocycles. The van der Waals surface area contributed by atoms with Crippen molar-refractivity contribution in [1.82, 2.24) is 9.47 Å². The number of rotatable bonds is 5. The largest absolute Gasteiger partial charge is 0.481 e. The maximum absolute atomic E-state index is 13.3. The number of carboxylic acid groups (broad SMARTS) is 1. The summed E-state index contributed by atoms with van der Waals surface area (Å²) >= 11 is 0. The van der Waals surface area contributed by atoms with Gasteiger partial charge in [-0.25, -0.2) is 0 Å². The van der Waals surface area contributed by atoms with Gasteiger partial charge in [0.05, 0.1) is 18.1 Å². The second-order valence-electron chi connectivity index (χ2n) is 9.79. The van der Waals surface area contributed by atoms with Crippen LogP contribution in [0.1, 0.15) is 50.3 Å². The Bertz CT molecular complexity index is 1170. The highest BCUT2D eigenvalue weighted by molar-refractivity contribution is 5.78. The monoisotopic (exact) mass is 433 g/mol. The quantitative estimate of drug-likeness (QED) is 0.780. The molecule has 2 aliphatic heterocycles. The zero-order valence-electron chi connectivity index (χ0n) is 18.4. The Morgan fingerprint density at radius 3 is 2.66 bits per heavy atom. The molecule has 2 aromatic rings. The molecule has 0 spiro atoms. The molecule has 3 heterocycles. The highest BCUT2D eigenvalue weighted by atomic mass is 16.4. The highest BCUT2D eigenvalue weighted by Gasteiger charge is 2.38. The highest BCUT2D eigenvalue weighted by Crippen LogP contribution is 2.37. The normalized spacial score (nSPS) is 19.7. The summed E-state index contributed by atoms with van der Waals surface area (Å²) in [5, 5.41) is 18.3. The van der Waals surface area contributed by atoms with Crippen LogP contribution >= 0.6 is 0 Å². The molecule has 0 aliphatic carbocycles. The number of nitriles is 1. The van der Waals surface area contributed by atoms with E-state index in [1.165, 1.54) is 0 Å². The fourth-order valence-corrected chi connectivity index (χ4v) is 5.12. The van der Waals surface area contributed by atoms with Crippen LogP contribution in [0.2, 0.25) is 0 Å². The number of likely N-dealkylation sites (tertiary alicyclic amines) is 1. The van der Waals surface area contributed by atoms with Crippen molar-refractivity contribution in [2.45, 2.75) is 45.6 Å². The van der Waals surface area contributed by atoms with E-state index in [9.17, 15) is 14.4 Å². The summed E-state index contributed by atoms with van der Waals surface area (Å²) in [7, 11) is 0. The SMILES string of the molecule is CC(C)(CC(=O)O)CC(=O)N1C[C@@H]2C[C@H](C1)c1ccc(-c3cccc(C#N)c3)c(=O)n1C2. The van der Waals surface area contributed by atoms with Gasteiger partial charge in [-0.05, 0) is 47.6 Å². The van der Waals surface area contributed by atoms with Crippen LogP contribution in [0, 0.1) is 22.7 Å². The lowest BCUT2D eigenvalue weighted by atomic mass is 9.81. The molecule has 1 fully saturated rings. The number of piperidine rings is 1. The number of carbonyl (C=O) groups is 2. The van der Waals surface area contributed by atoms with E-state index < -0.39 is 11.4 Å². The van der Waals surface area contributed by atoms with Gasteiger partial charge in [0, 0.05) is 43.2 Å². The Balaban J connectivity index is 1.57. The second-order valence-corrected chi connectivity index (χ2v) is 9.79. The Labute approximate surface area is 186 Å². The number of nitrogens with zero attached hydrogens (tertiary/aromatic N) is 3. The van der Waals surface area contributed by atoms with Crippen LogP contribution in [-0.4, -0.2) is 39.5 Å². The number of fused-ring (bicyclic) bond motifs is 4. The predicted molar refractivity (Wildman–Crippen MR) is 119 cm³/mol. The molecule has 0 saturated carbocycles. The van der Waals surface area contributed by atoms with Gasteiger partial charge in [-0.1, -0.05) is 26.0 Å². The van der Waals surface area contributed by atoms with E-state index in [1.807, 2.05) is 41.5 Å². The van der Waals surface area contributed by atoms with Crippen molar-refractivity contribution < 1.29 is 14.7 Å². The third-order valence-electron chi connectivity index (χ3n) is 6.52. The first-order valence-electron chi connectivity index (χ1n) is 10.9. The topological polar surface area (TPSA) is 103 Å². The van der Waals surface area contributed by atoms with Gasteiger partial charge in [0.15, 0.2) is 0 Å². The van der Waals surface area contributed by atoms with Gasteiger partial charge < -0.3 is 14.6 Å². The van der Waals surface area contributed by atoms with Gasteiger partial charge in [-0.2, -0.15) is 5.26 Å². The minimum Gasteiger partial charge on any atom is -0.481 e. The number of amides is 1. The van der Waals surface area contributed by atoms with Gasteiger partial charge in [-0.3, -0.25) is 14.4 Å². The molecule has 32 heavy (non-hydrogen) atoms. The third-order valence-corrected chi connectivity index (χ3v) is 6.52. The lowest BCUT2D eigenvalue weighted by Gasteiger charge is -2.43. The van der Waals surface area contributed by atoms with Crippen LogP contribution in [-0.2, 0) is 16.1 Å². The van der Waals surface area contributed by atoms with E-state index in [0.717, 1.165) is 17.7 Å². The van der Waals surface area contributed by atoms with Gasteiger partial charge in [0.1, 0.15) is 0 Å². The second kappa shape index (κ2) is 8.27. The number of carbonyl (C=O) groups excluding carboxylic acids is 1. The summed E-state index contributed by atoms with van der Waals surface area (Å²) in [4.78, 5) is 39.2. The van der Waals surface area contributed by atoms with E-state index in [2.05, 4.69) is 6.07 Å². The van der Waals surface area contributed by atoms with Crippen LogP contribution in [0.4, 0.5) is 0 Å². The molecule has 7 nitrogen and oxygen atoms in total. The Morgan fingerprint density at radius 1 is 1.16 bits per heavy atom. The van der Waals surface area contributed by atoms with Crippen LogP contribution < -0.4 is 5.56 Å². The van der Waals surface area contributed by atoms with Crippen molar-refractivity contribution in [3.63, 3.8) is 0 Å². The van der Waals surface area contributed by atoms with E-state index in [1.54, 1.807) is 18.2 Å². The maximum Gasteiger partial charge on any atom is 0.303 e. The van der Waals surface area contributed by atoms with Gasteiger partial charge in [0.2, 0.25) is 5.91 Å². The molecule has 1 amide bonds. The molecule has 4 rings (SSSR count). The molecule has 166 valence electrons. The van der Waals surface area contributed by atoms with Crippen molar-refractivity contribution in [2.75, 3.05) is 13.1 Å². The summed E-state index contributed by atoms with van der Waals surface area (Å²) in [5.41, 5.74) is 2.11. The standard InChI is InChI=1S/C25H27N3O4/c1-25(2,11-23(30)31)10-22(29)27-13-17-9-19(15-27)21-7-6-20(24(32)28(21)14-17)18-5-3-4-16(8-18)12-26/h3-8,17,19H,9-11,13-15H2,1-2H3,(H,30,31)/t17-,19+/m0/s1. The van der Waals surface area contributed by atoms with E-state index in [0.29, 0.717) is 30.8 Å². The molecule has 2 atom stereocenters. The van der Waals surface area contributed by atoms with Crippen molar-refractivity contribution in [3.05, 3.63) is 58.0 Å². The molecule has 1 N–H and O–H groups in total. The van der Waals surface area contributed by atoms with Crippen LogP contribution in [0.25, 0.3) is 11.1 Å². The summed E-state index contributed by atoms with van der Waals surface area (Å²) in [5.74, 6) is -0.651. The number of benzene rings is 1. The lowest BCUT2D eigenvalue weighted by molar-refractivity contribution is -0.141. The van der Waals surface area contributed by atoms with Crippen LogP contribution in [0.3, 0.4) is 0 Å². The molecule has 7 heteroatoms.